The number of fused-ring (bicyclic) bond motifs is 5. The van der Waals surface area contributed by atoms with E-state index in [1.54, 1.807) is 5.57 Å². The minimum atomic E-state index is 1.03. The highest BCUT2D eigenvalue weighted by Gasteiger charge is 2.28. The van der Waals surface area contributed by atoms with Gasteiger partial charge in [-0.25, -0.2) is 0 Å². The van der Waals surface area contributed by atoms with Gasteiger partial charge in [-0.1, -0.05) is 146 Å². The Morgan fingerprint density at radius 1 is 0.395 bits per heavy atom. The van der Waals surface area contributed by atoms with Crippen LogP contribution in [-0.2, 0) is 6.42 Å². The molecular weight excluding hydrogens is 516 g/mol. The zero-order chi connectivity index (χ0) is 28.3. The summed E-state index contributed by atoms with van der Waals surface area (Å²) in [4.78, 5) is 0. The fraction of sp³-hybridized carbons (Fsp3) is 0.0698. The summed E-state index contributed by atoms with van der Waals surface area (Å²) in [5.41, 5.74) is 13.9. The average molecular weight is 547 g/mol. The number of hydrogen-bond donors (Lipinski definition) is 0. The summed E-state index contributed by atoms with van der Waals surface area (Å²) in [6, 6.07) is 51.6. The Balaban J connectivity index is 1.25. The molecule has 0 N–H and O–H groups in total. The lowest BCUT2D eigenvalue weighted by Gasteiger charge is -2.23. The van der Waals surface area contributed by atoms with E-state index in [4.69, 9.17) is 0 Å². The Morgan fingerprint density at radius 3 is 1.70 bits per heavy atom. The molecule has 0 heterocycles. The smallest absolute Gasteiger partial charge is 0.00107 e. The van der Waals surface area contributed by atoms with Gasteiger partial charge in [0.1, 0.15) is 0 Å². The van der Waals surface area contributed by atoms with E-state index < -0.39 is 0 Å². The van der Waals surface area contributed by atoms with Crippen LogP contribution in [0.3, 0.4) is 0 Å². The Labute approximate surface area is 252 Å². The van der Waals surface area contributed by atoms with Crippen molar-refractivity contribution in [2.24, 2.45) is 0 Å². The Hall–Kier alpha value is -5.20. The normalized spacial score (nSPS) is 14.3. The minimum Gasteiger partial charge on any atom is -0.0760 e. The van der Waals surface area contributed by atoms with Crippen molar-refractivity contribution in [3.05, 3.63) is 168 Å². The zero-order valence-electron chi connectivity index (χ0n) is 24.0. The third-order valence-electron chi connectivity index (χ3n) is 9.62. The standard InChI is InChI=1S/C43H30/c1-3-14-32-28(11-1)13-9-20-33(32)29-23-25-30(26-24-29)42-36-16-5-7-18-38(36)43(39-19-8-6-17-37(39)42)40-22-10-21-35-34-15-4-2-12-31(34)27-41(35)40/h1-9,11-20,22-26H,10,21,27H2. The Kier molecular flexibility index (Phi) is 5.49. The van der Waals surface area contributed by atoms with Crippen LogP contribution in [0.1, 0.15) is 29.5 Å². The molecule has 0 aromatic heterocycles. The average Bonchev–Trinajstić information content (AvgIpc) is 3.46. The first kappa shape index (κ1) is 24.4. The lowest BCUT2D eigenvalue weighted by Crippen LogP contribution is -2.00. The lowest BCUT2D eigenvalue weighted by atomic mass is 9.80. The van der Waals surface area contributed by atoms with Gasteiger partial charge in [0.15, 0.2) is 0 Å². The molecule has 0 fully saturated rings. The summed E-state index contributed by atoms with van der Waals surface area (Å²) in [6.45, 7) is 0. The second-order valence-electron chi connectivity index (χ2n) is 11.9. The first-order valence-electron chi connectivity index (χ1n) is 15.4. The first-order chi connectivity index (χ1) is 21.3. The van der Waals surface area contributed by atoms with Crippen LogP contribution in [0.25, 0.3) is 65.7 Å². The molecule has 2 aliphatic carbocycles. The van der Waals surface area contributed by atoms with Crippen LogP contribution in [0.15, 0.2) is 151 Å². The van der Waals surface area contributed by atoms with Crippen LogP contribution in [0.4, 0.5) is 0 Å². The second kappa shape index (κ2) is 9.68. The lowest BCUT2D eigenvalue weighted by molar-refractivity contribution is 1.05. The van der Waals surface area contributed by atoms with Crippen LogP contribution < -0.4 is 0 Å². The third-order valence-corrected chi connectivity index (χ3v) is 9.62. The molecule has 0 spiro atoms. The maximum Gasteiger partial charge on any atom is -0.00107 e. The molecule has 0 radical (unpaired) electrons. The number of rotatable bonds is 3. The van der Waals surface area contributed by atoms with E-state index in [2.05, 4.69) is 146 Å². The van der Waals surface area contributed by atoms with Gasteiger partial charge in [0.25, 0.3) is 0 Å². The van der Waals surface area contributed by atoms with Gasteiger partial charge in [0.05, 0.1) is 0 Å². The molecule has 0 nitrogen and oxygen atoms in total. The fourth-order valence-corrected chi connectivity index (χ4v) is 7.73. The molecule has 0 atom stereocenters. The quantitative estimate of drug-likeness (QED) is 0.193. The van der Waals surface area contributed by atoms with E-state index in [1.165, 1.54) is 82.4 Å². The third kappa shape index (κ3) is 3.76. The highest BCUT2D eigenvalue weighted by Crippen LogP contribution is 2.49. The van der Waals surface area contributed by atoms with Crippen LogP contribution in [0.5, 0.6) is 0 Å². The van der Waals surface area contributed by atoms with Crippen molar-refractivity contribution in [2.75, 3.05) is 0 Å². The zero-order valence-corrected chi connectivity index (χ0v) is 24.0. The predicted octanol–water partition coefficient (Wildman–Crippen LogP) is 11.7. The van der Waals surface area contributed by atoms with Gasteiger partial charge in [0.2, 0.25) is 0 Å². The monoisotopic (exact) mass is 546 g/mol. The van der Waals surface area contributed by atoms with E-state index in [0.717, 1.165) is 19.3 Å². The molecule has 202 valence electrons. The largest absolute Gasteiger partial charge is 0.0760 e. The van der Waals surface area contributed by atoms with Crippen molar-refractivity contribution in [2.45, 2.75) is 19.3 Å². The van der Waals surface area contributed by atoms with Gasteiger partial charge in [-0.2, -0.15) is 0 Å². The van der Waals surface area contributed by atoms with Crippen LogP contribution in [-0.4, -0.2) is 0 Å². The van der Waals surface area contributed by atoms with E-state index in [9.17, 15) is 0 Å². The molecule has 0 saturated heterocycles. The van der Waals surface area contributed by atoms with Crippen LogP contribution in [0, 0.1) is 0 Å². The summed E-state index contributed by atoms with van der Waals surface area (Å²) in [7, 11) is 0. The van der Waals surface area contributed by atoms with Crippen LogP contribution >= 0.6 is 0 Å². The van der Waals surface area contributed by atoms with Gasteiger partial charge in [-0.15, -0.1) is 0 Å². The molecule has 0 saturated carbocycles. The highest BCUT2D eigenvalue weighted by atomic mass is 14.3. The van der Waals surface area contributed by atoms with Gasteiger partial charge < -0.3 is 0 Å². The summed E-state index contributed by atoms with van der Waals surface area (Å²) < 4.78 is 0. The molecule has 0 amide bonds. The van der Waals surface area contributed by atoms with Gasteiger partial charge in [0, 0.05) is 0 Å². The van der Waals surface area contributed by atoms with Crippen LogP contribution in [0.2, 0.25) is 0 Å². The first-order valence-corrected chi connectivity index (χ1v) is 15.4. The molecule has 0 aliphatic heterocycles. The van der Waals surface area contributed by atoms with Crippen molar-refractivity contribution in [1.29, 1.82) is 0 Å². The minimum absolute atomic E-state index is 1.03. The number of allylic oxidation sites excluding steroid dienone is 4. The summed E-state index contributed by atoms with van der Waals surface area (Å²) in [5, 5.41) is 7.88. The number of benzene rings is 7. The van der Waals surface area contributed by atoms with Gasteiger partial charge >= 0.3 is 0 Å². The number of hydrogen-bond acceptors (Lipinski definition) is 0. The van der Waals surface area contributed by atoms with E-state index in [1.807, 2.05) is 0 Å². The maximum absolute atomic E-state index is 2.51. The molecule has 7 aromatic carbocycles. The van der Waals surface area contributed by atoms with Gasteiger partial charge in [-0.3, -0.25) is 0 Å². The fourth-order valence-electron chi connectivity index (χ4n) is 7.73. The molecule has 0 bridgehead atoms. The van der Waals surface area contributed by atoms with Crippen molar-refractivity contribution in [3.8, 4) is 22.3 Å². The molecule has 0 heteroatoms. The van der Waals surface area contributed by atoms with Gasteiger partial charge in [-0.05, 0) is 107 Å². The molecular formula is C43H30. The summed E-state index contributed by atoms with van der Waals surface area (Å²) >= 11 is 0. The maximum atomic E-state index is 2.51. The van der Waals surface area contributed by atoms with E-state index in [0.29, 0.717) is 0 Å². The van der Waals surface area contributed by atoms with Crippen molar-refractivity contribution >= 4 is 43.5 Å². The van der Waals surface area contributed by atoms with E-state index >= 15 is 0 Å². The van der Waals surface area contributed by atoms with Crippen molar-refractivity contribution in [3.63, 3.8) is 0 Å². The Bertz CT molecular complexity index is 2230. The molecule has 43 heavy (non-hydrogen) atoms. The molecule has 7 aromatic rings. The molecule has 2 aliphatic rings. The molecule has 0 unspecified atom stereocenters. The SMILES string of the molecule is C1=C(c2c3ccccc3c(-c3ccc(-c4cccc5ccccc45)cc3)c3ccccc23)C2=C(CC1)c1ccccc1C2. The second-order valence-corrected chi connectivity index (χ2v) is 11.9. The Morgan fingerprint density at radius 2 is 0.953 bits per heavy atom. The summed E-state index contributed by atoms with van der Waals surface area (Å²) in [6.07, 6.45) is 5.75. The highest BCUT2D eigenvalue weighted by molar-refractivity contribution is 6.20. The topological polar surface area (TPSA) is 0 Å². The van der Waals surface area contributed by atoms with Crippen molar-refractivity contribution < 1.29 is 0 Å². The molecule has 9 rings (SSSR count). The predicted molar refractivity (Wildman–Crippen MR) is 184 cm³/mol. The summed E-state index contributed by atoms with van der Waals surface area (Å²) in [5.74, 6) is 0. The van der Waals surface area contributed by atoms with Crippen molar-refractivity contribution in [1.82, 2.24) is 0 Å². The van der Waals surface area contributed by atoms with E-state index in [-0.39, 0.29) is 0 Å².